The van der Waals surface area contributed by atoms with E-state index in [-0.39, 0.29) is 5.76 Å². The van der Waals surface area contributed by atoms with E-state index < -0.39 is 21.1 Å². The lowest BCUT2D eigenvalue weighted by Crippen LogP contribution is -2.49. The Morgan fingerprint density at radius 3 is 3.00 bits per heavy atom. The summed E-state index contributed by atoms with van der Waals surface area (Å²) in [6.45, 7) is 2.34. The summed E-state index contributed by atoms with van der Waals surface area (Å²) in [5, 5.41) is 27.1. The Kier molecular flexibility index (Phi) is 3.26. The molecule has 0 fully saturated rings. The summed E-state index contributed by atoms with van der Waals surface area (Å²) in [7, 11) is -1.29. The van der Waals surface area contributed by atoms with Crippen LogP contribution in [0.5, 0.6) is 0 Å². The lowest BCUT2D eigenvalue weighted by atomic mass is 10.1. The molecule has 0 heterocycles. The third-order valence-electron chi connectivity index (χ3n) is 1.94. The molecule has 0 saturated carbocycles. The zero-order valence-corrected chi connectivity index (χ0v) is 8.89. The van der Waals surface area contributed by atoms with Crippen LogP contribution >= 0.6 is 0 Å². The maximum absolute atomic E-state index is 9.84. The highest BCUT2D eigenvalue weighted by molar-refractivity contribution is 6.33. The van der Waals surface area contributed by atoms with Crippen LogP contribution in [-0.2, 0) is 4.43 Å². The Bertz CT molecular complexity index is 238. The minimum absolute atomic E-state index is 0.211. The number of hydrogen-bond acceptors (Lipinski definition) is 4. The van der Waals surface area contributed by atoms with Gasteiger partial charge in [0.2, 0.25) is 9.76 Å². The predicted molar refractivity (Wildman–Crippen MR) is 51.0 cm³/mol. The molecule has 0 amide bonds. The van der Waals surface area contributed by atoms with E-state index >= 15 is 0 Å². The van der Waals surface area contributed by atoms with Crippen molar-refractivity contribution in [2.75, 3.05) is 6.61 Å². The summed E-state index contributed by atoms with van der Waals surface area (Å²) in [6.07, 6.45) is 3.11. The Balaban J connectivity index is 2.68. The maximum Gasteiger partial charge on any atom is 0.202 e. The monoisotopic (exact) mass is 202 g/mol. The molecule has 1 aliphatic carbocycles. The zero-order chi connectivity index (χ0) is 9.90. The van der Waals surface area contributed by atoms with E-state index in [2.05, 4.69) is 0 Å². The van der Waals surface area contributed by atoms with Crippen LogP contribution in [0.1, 0.15) is 6.92 Å². The molecule has 0 aromatic heterocycles. The fraction of sp³-hybridized carbons (Fsp3) is 0.500. The average Bonchev–Trinajstić information content (AvgIpc) is 2.11. The topological polar surface area (TPSA) is 69.9 Å². The highest BCUT2D eigenvalue weighted by Crippen LogP contribution is 2.21. The van der Waals surface area contributed by atoms with Crippen molar-refractivity contribution >= 4 is 9.76 Å². The fourth-order valence-electron chi connectivity index (χ4n) is 1.14. The summed E-state index contributed by atoms with van der Waals surface area (Å²) < 4.78 is 5.13. The van der Waals surface area contributed by atoms with Crippen molar-refractivity contribution in [3.05, 3.63) is 24.0 Å². The molecule has 2 atom stereocenters. The van der Waals surface area contributed by atoms with E-state index in [0.717, 1.165) is 0 Å². The summed E-state index contributed by atoms with van der Waals surface area (Å²) in [5.74, 6) is -0.211. The number of aliphatic hydroxyl groups excluding tert-OH is 2. The van der Waals surface area contributed by atoms with Gasteiger partial charge >= 0.3 is 0 Å². The van der Waals surface area contributed by atoms with Gasteiger partial charge in [-0.15, -0.1) is 0 Å². The molecule has 13 heavy (non-hydrogen) atoms. The minimum Gasteiger partial charge on any atom is -0.509 e. The number of hydrogen-bond donors (Lipinski definition) is 3. The molecular formula is C8H14O4Si. The predicted octanol–water partition coefficient (Wildman–Crippen LogP) is -0.832. The van der Waals surface area contributed by atoms with Gasteiger partial charge in [-0.05, 0) is 13.0 Å². The molecular weight excluding hydrogens is 188 g/mol. The smallest absolute Gasteiger partial charge is 0.202 e. The molecule has 3 N–H and O–H groups in total. The van der Waals surface area contributed by atoms with Gasteiger partial charge in [0.05, 0.1) is 0 Å². The first kappa shape index (κ1) is 10.5. The van der Waals surface area contributed by atoms with Gasteiger partial charge < -0.3 is 19.7 Å². The number of rotatable bonds is 3. The van der Waals surface area contributed by atoms with Gasteiger partial charge in [-0.25, -0.2) is 0 Å². The molecule has 0 saturated heterocycles. The van der Waals surface area contributed by atoms with E-state index in [1.165, 1.54) is 18.2 Å². The van der Waals surface area contributed by atoms with Crippen LogP contribution in [0.25, 0.3) is 0 Å². The van der Waals surface area contributed by atoms with Crippen LogP contribution < -0.4 is 0 Å². The largest absolute Gasteiger partial charge is 0.509 e. The molecule has 0 radical (unpaired) electrons. The normalized spacial score (nSPS) is 34.1. The Morgan fingerprint density at radius 1 is 1.69 bits per heavy atom. The molecule has 0 bridgehead atoms. The first-order chi connectivity index (χ1) is 6.10. The van der Waals surface area contributed by atoms with Crippen molar-refractivity contribution in [2.24, 2.45) is 0 Å². The van der Waals surface area contributed by atoms with Gasteiger partial charge in [0.25, 0.3) is 0 Å². The Labute approximate surface area is 79.1 Å². The zero-order valence-electron chi connectivity index (χ0n) is 7.47. The first-order valence-electron chi connectivity index (χ1n) is 4.16. The van der Waals surface area contributed by atoms with E-state index in [0.29, 0.717) is 6.61 Å². The summed E-state index contributed by atoms with van der Waals surface area (Å²) in [6, 6.07) is 0. The lowest BCUT2D eigenvalue weighted by molar-refractivity contribution is 0.00426. The number of allylic oxidation sites excluding steroid dienone is 2. The second kappa shape index (κ2) is 4.06. The molecule has 0 aromatic carbocycles. The second-order valence-corrected chi connectivity index (χ2v) is 4.81. The van der Waals surface area contributed by atoms with Crippen LogP contribution in [0, 0.1) is 0 Å². The van der Waals surface area contributed by atoms with Crippen LogP contribution in [0.15, 0.2) is 24.0 Å². The second-order valence-electron chi connectivity index (χ2n) is 2.98. The molecule has 1 aliphatic rings. The van der Waals surface area contributed by atoms with Gasteiger partial charge in [-0.1, -0.05) is 12.2 Å². The van der Waals surface area contributed by atoms with Crippen molar-refractivity contribution in [1.82, 2.24) is 0 Å². The third kappa shape index (κ3) is 2.19. The summed E-state index contributed by atoms with van der Waals surface area (Å²) >= 11 is 0. The molecule has 0 aliphatic heterocycles. The fourth-order valence-corrected chi connectivity index (χ4v) is 2.27. The van der Waals surface area contributed by atoms with E-state index in [9.17, 15) is 15.3 Å². The van der Waals surface area contributed by atoms with Crippen molar-refractivity contribution in [1.29, 1.82) is 0 Å². The van der Waals surface area contributed by atoms with Crippen LogP contribution in [0.4, 0.5) is 0 Å². The Hall–Kier alpha value is -0.623. The van der Waals surface area contributed by atoms with Crippen LogP contribution in [0.2, 0.25) is 0 Å². The lowest BCUT2D eigenvalue weighted by Gasteiger charge is -2.30. The summed E-state index contributed by atoms with van der Waals surface area (Å²) in [5.41, 5.74) is 0. The van der Waals surface area contributed by atoms with Gasteiger partial charge in [0.1, 0.15) is 17.1 Å². The third-order valence-corrected chi connectivity index (χ3v) is 3.64. The highest BCUT2D eigenvalue weighted by atomic mass is 28.2. The highest BCUT2D eigenvalue weighted by Gasteiger charge is 2.38. The molecule has 2 unspecified atom stereocenters. The van der Waals surface area contributed by atoms with E-state index in [1.807, 2.05) is 6.92 Å². The van der Waals surface area contributed by atoms with Crippen molar-refractivity contribution in [3.8, 4) is 0 Å². The van der Waals surface area contributed by atoms with Crippen molar-refractivity contribution < 1.29 is 19.7 Å². The molecule has 4 nitrogen and oxygen atoms in total. The molecule has 1 rings (SSSR count). The number of aliphatic hydroxyl groups is 3. The van der Waals surface area contributed by atoms with Gasteiger partial charge in [-0.2, -0.15) is 0 Å². The SMILES string of the molecule is CCO[SiH2]C1(O)C=CC=C(O)C1O. The quantitative estimate of drug-likeness (QED) is 0.522. The molecule has 74 valence electrons. The molecule has 5 heteroatoms. The average molecular weight is 202 g/mol. The van der Waals surface area contributed by atoms with E-state index in [4.69, 9.17) is 4.43 Å². The van der Waals surface area contributed by atoms with Crippen LogP contribution in [0.3, 0.4) is 0 Å². The van der Waals surface area contributed by atoms with Gasteiger partial charge in [0.15, 0.2) is 0 Å². The van der Waals surface area contributed by atoms with Crippen LogP contribution in [-0.4, -0.2) is 43.0 Å². The van der Waals surface area contributed by atoms with Gasteiger partial charge in [0, 0.05) is 6.61 Å². The minimum atomic E-state index is -1.37. The van der Waals surface area contributed by atoms with E-state index in [1.54, 1.807) is 0 Å². The first-order valence-corrected chi connectivity index (χ1v) is 5.45. The standard InChI is InChI=1S/C8H14O4Si/c1-2-12-13-8(11)5-3-4-6(9)7(8)10/h3-5,7,9-11H,2,13H2,1H3. The molecule has 0 spiro atoms. The van der Waals surface area contributed by atoms with Crippen molar-refractivity contribution in [2.45, 2.75) is 18.3 Å². The summed E-state index contributed by atoms with van der Waals surface area (Å²) in [4.78, 5) is 0. The maximum atomic E-state index is 9.84. The van der Waals surface area contributed by atoms with Crippen molar-refractivity contribution in [3.63, 3.8) is 0 Å². The Morgan fingerprint density at radius 2 is 2.38 bits per heavy atom. The van der Waals surface area contributed by atoms with Gasteiger partial charge in [-0.3, -0.25) is 0 Å². The molecule has 0 aromatic rings.